The number of hydrogen-bond donors (Lipinski definition) is 2. The summed E-state index contributed by atoms with van der Waals surface area (Å²) < 4.78 is 0. The molecule has 0 spiro atoms. The molecule has 2 fully saturated rings. The number of aryl methyl sites for hydroxylation is 1. The molecule has 2 N–H and O–H groups in total. The third kappa shape index (κ3) is 5.28. The summed E-state index contributed by atoms with van der Waals surface area (Å²) in [6.07, 6.45) is 3.47. The Morgan fingerprint density at radius 1 is 1.10 bits per heavy atom. The fraction of sp³-hybridized carbons (Fsp3) is 0.500. The van der Waals surface area contributed by atoms with Gasteiger partial charge in [0.15, 0.2) is 5.96 Å². The lowest BCUT2D eigenvalue weighted by molar-refractivity contribution is 0.459. The molecule has 154 valence electrons. The van der Waals surface area contributed by atoms with Crippen LogP contribution in [0.25, 0.3) is 0 Å². The van der Waals surface area contributed by atoms with Crippen molar-refractivity contribution in [1.29, 1.82) is 0 Å². The molecule has 2 unspecified atom stereocenters. The number of nitrogens with zero attached hydrogens (tertiary/aromatic N) is 3. The number of aliphatic imine (C=N–C) groups is 1. The van der Waals surface area contributed by atoms with E-state index in [-0.39, 0.29) is 0 Å². The first-order chi connectivity index (χ1) is 14.2. The van der Waals surface area contributed by atoms with Crippen molar-refractivity contribution in [2.24, 2.45) is 10.9 Å². The highest BCUT2D eigenvalue weighted by Crippen LogP contribution is 2.47. The first-order valence-electron chi connectivity index (χ1n) is 11.0. The topological polar surface area (TPSA) is 52.6 Å². The van der Waals surface area contributed by atoms with E-state index in [1.807, 2.05) is 0 Å². The summed E-state index contributed by atoms with van der Waals surface area (Å²) in [5.74, 6) is 3.44. The highest BCUT2D eigenvalue weighted by molar-refractivity contribution is 5.80. The molecule has 1 aliphatic carbocycles. The van der Waals surface area contributed by atoms with Crippen molar-refractivity contribution in [3.63, 3.8) is 0 Å². The minimum Gasteiger partial charge on any atom is -0.357 e. The minimum absolute atomic E-state index is 0.470. The van der Waals surface area contributed by atoms with Gasteiger partial charge in [-0.25, -0.2) is 4.98 Å². The number of nitrogens with one attached hydrogen (secondary N) is 2. The van der Waals surface area contributed by atoms with Crippen molar-refractivity contribution in [3.8, 4) is 0 Å². The van der Waals surface area contributed by atoms with E-state index in [0.29, 0.717) is 17.9 Å². The van der Waals surface area contributed by atoms with Gasteiger partial charge in [0.05, 0.1) is 0 Å². The summed E-state index contributed by atoms with van der Waals surface area (Å²) in [6.45, 7) is 8.05. The van der Waals surface area contributed by atoms with E-state index in [2.05, 4.69) is 82.9 Å². The van der Waals surface area contributed by atoms with Gasteiger partial charge in [0.25, 0.3) is 0 Å². The number of aromatic nitrogens is 1. The first-order valence-corrected chi connectivity index (χ1v) is 11.0. The van der Waals surface area contributed by atoms with Crippen LogP contribution in [0.1, 0.15) is 43.4 Å². The average molecular weight is 392 g/mol. The molecule has 1 aromatic heterocycles. The van der Waals surface area contributed by atoms with E-state index < -0.39 is 0 Å². The van der Waals surface area contributed by atoms with Gasteiger partial charge in [0, 0.05) is 37.9 Å². The van der Waals surface area contributed by atoms with E-state index in [0.717, 1.165) is 56.5 Å². The van der Waals surface area contributed by atoms with Crippen LogP contribution in [0.5, 0.6) is 0 Å². The third-order valence-corrected chi connectivity index (χ3v) is 6.01. The van der Waals surface area contributed by atoms with Crippen molar-refractivity contribution in [1.82, 2.24) is 15.6 Å². The molecule has 4 rings (SSSR count). The van der Waals surface area contributed by atoms with E-state index in [4.69, 9.17) is 4.99 Å². The SMILES string of the molecule is CCNC(=NCC1CC1c1ccccc1)NC1CCN(c2cccc(C)n2)CC1. The van der Waals surface area contributed by atoms with Crippen LogP contribution in [-0.4, -0.2) is 43.2 Å². The fourth-order valence-electron chi connectivity index (χ4n) is 4.24. The number of guanidine groups is 1. The smallest absolute Gasteiger partial charge is 0.191 e. The summed E-state index contributed by atoms with van der Waals surface area (Å²) in [5, 5.41) is 7.10. The molecule has 1 aromatic carbocycles. The monoisotopic (exact) mass is 391 g/mol. The molecular weight excluding hydrogens is 358 g/mol. The molecule has 5 heteroatoms. The number of hydrogen-bond acceptors (Lipinski definition) is 3. The summed E-state index contributed by atoms with van der Waals surface area (Å²) in [4.78, 5) is 12.0. The Hall–Kier alpha value is -2.56. The van der Waals surface area contributed by atoms with Gasteiger partial charge in [-0.2, -0.15) is 0 Å². The first kappa shape index (κ1) is 19.7. The van der Waals surface area contributed by atoms with Crippen molar-refractivity contribution in [3.05, 3.63) is 59.8 Å². The van der Waals surface area contributed by atoms with Gasteiger partial charge in [-0.1, -0.05) is 36.4 Å². The van der Waals surface area contributed by atoms with E-state index in [9.17, 15) is 0 Å². The predicted molar refractivity (Wildman–Crippen MR) is 121 cm³/mol. The Morgan fingerprint density at radius 3 is 2.62 bits per heavy atom. The van der Waals surface area contributed by atoms with Gasteiger partial charge < -0.3 is 15.5 Å². The molecule has 0 amide bonds. The number of rotatable bonds is 6. The average Bonchev–Trinajstić information content (AvgIpc) is 3.53. The van der Waals surface area contributed by atoms with Crippen LogP contribution in [-0.2, 0) is 0 Å². The molecule has 29 heavy (non-hydrogen) atoms. The Labute approximate surface area is 174 Å². The van der Waals surface area contributed by atoms with Gasteiger partial charge in [0.2, 0.25) is 0 Å². The molecule has 1 saturated carbocycles. The number of benzene rings is 1. The normalized spacial score (nSPS) is 22.4. The molecule has 0 bridgehead atoms. The second-order valence-electron chi connectivity index (χ2n) is 8.28. The standard InChI is InChI=1S/C24H33N5/c1-3-25-24(26-17-20-16-22(20)19-9-5-4-6-10-19)28-21-12-14-29(15-13-21)23-11-7-8-18(2)27-23/h4-11,20-22H,3,12-17H2,1-2H3,(H2,25,26,28). The van der Waals surface area contributed by atoms with E-state index >= 15 is 0 Å². The fourth-order valence-corrected chi connectivity index (χ4v) is 4.24. The van der Waals surface area contributed by atoms with Crippen LogP contribution in [0.4, 0.5) is 5.82 Å². The Balaban J connectivity index is 1.27. The highest BCUT2D eigenvalue weighted by Gasteiger charge is 2.37. The van der Waals surface area contributed by atoms with Crippen LogP contribution >= 0.6 is 0 Å². The molecule has 2 atom stereocenters. The van der Waals surface area contributed by atoms with Crippen LogP contribution < -0.4 is 15.5 Å². The highest BCUT2D eigenvalue weighted by atomic mass is 15.2. The zero-order chi connectivity index (χ0) is 20.1. The summed E-state index contributed by atoms with van der Waals surface area (Å²) in [5.41, 5.74) is 2.54. The van der Waals surface area contributed by atoms with Crippen molar-refractivity contribution in [2.75, 3.05) is 31.1 Å². The number of pyridine rings is 1. The molecule has 2 heterocycles. The lowest BCUT2D eigenvalue weighted by Crippen LogP contribution is -2.49. The third-order valence-electron chi connectivity index (χ3n) is 6.01. The number of anilines is 1. The maximum atomic E-state index is 4.90. The minimum atomic E-state index is 0.470. The van der Waals surface area contributed by atoms with Crippen LogP contribution in [0.15, 0.2) is 53.5 Å². The van der Waals surface area contributed by atoms with Gasteiger partial charge in [-0.15, -0.1) is 0 Å². The molecule has 1 aliphatic heterocycles. The summed E-state index contributed by atoms with van der Waals surface area (Å²) in [7, 11) is 0. The predicted octanol–water partition coefficient (Wildman–Crippen LogP) is 3.72. The van der Waals surface area contributed by atoms with Crippen LogP contribution in [0.2, 0.25) is 0 Å². The van der Waals surface area contributed by atoms with Gasteiger partial charge in [-0.3, -0.25) is 4.99 Å². The quantitative estimate of drug-likeness (QED) is 0.582. The molecule has 2 aromatic rings. The second-order valence-corrected chi connectivity index (χ2v) is 8.28. The van der Waals surface area contributed by atoms with Crippen molar-refractivity contribution >= 4 is 11.8 Å². The lowest BCUT2D eigenvalue weighted by Gasteiger charge is -2.34. The maximum absolute atomic E-state index is 4.90. The Morgan fingerprint density at radius 2 is 1.90 bits per heavy atom. The van der Waals surface area contributed by atoms with Gasteiger partial charge >= 0.3 is 0 Å². The van der Waals surface area contributed by atoms with Gasteiger partial charge in [-0.05, 0) is 62.6 Å². The molecule has 0 radical (unpaired) electrons. The summed E-state index contributed by atoms with van der Waals surface area (Å²) >= 11 is 0. The summed E-state index contributed by atoms with van der Waals surface area (Å²) in [6, 6.07) is 17.6. The van der Waals surface area contributed by atoms with Gasteiger partial charge in [0.1, 0.15) is 5.82 Å². The molecule has 1 saturated heterocycles. The van der Waals surface area contributed by atoms with E-state index in [1.54, 1.807) is 0 Å². The van der Waals surface area contributed by atoms with Crippen molar-refractivity contribution < 1.29 is 0 Å². The largest absolute Gasteiger partial charge is 0.357 e. The van der Waals surface area contributed by atoms with E-state index in [1.165, 1.54) is 12.0 Å². The molecule has 5 nitrogen and oxygen atoms in total. The Kier molecular flexibility index (Phi) is 6.33. The van der Waals surface area contributed by atoms with Crippen LogP contribution in [0, 0.1) is 12.8 Å². The number of piperidine rings is 1. The zero-order valence-corrected chi connectivity index (χ0v) is 17.6. The Bertz CT molecular complexity index is 811. The maximum Gasteiger partial charge on any atom is 0.191 e. The van der Waals surface area contributed by atoms with Crippen LogP contribution in [0.3, 0.4) is 0 Å². The second kappa shape index (κ2) is 9.29. The molecular formula is C24H33N5. The zero-order valence-electron chi connectivity index (χ0n) is 17.6. The molecule has 2 aliphatic rings. The lowest BCUT2D eigenvalue weighted by atomic mass is 10.1. The van der Waals surface area contributed by atoms with Crippen molar-refractivity contribution in [2.45, 2.75) is 45.1 Å².